The molecule has 5 nitrogen and oxygen atoms in total. The molecule has 0 spiro atoms. The van der Waals surface area contributed by atoms with E-state index in [0.29, 0.717) is 10.7 Å². The average Bonchev–Trinajstić information content (AvgIpc) is 2.40. The third-order valence-electron chi connectivity index (χ3n) is 3.03. The molecule has 2 rings (SSSR count). The predicted molar refractivity (Wildman–Crippen MR) is 83.0 cm³/mol. The molecule has 0 heterocycles. The molecule has 112 valence electrons. The molecular formula is C14H15ClN2O3S. The number of nitrogens with one attached hydrogen (secondary N) is 1. The Balaban J connectivity index is 2.28. The highest BCUT2D eigenvalue weighted by atomic mass is 35.5. The molecule has 7 heteroatoms. The van der Waals surface area contributed by atoms with Gasteiger partial charge in [-0.15, -0.1) is 0 Å². The summed E-state index contributed by atoms with van der Waals surface area (Å²) in [4.78, 5) is -0.00712. The van der Waals surface area contributed by atoms with E-state index in [2.05, 4.69) is 5.32 Å². The second-order valence-electron chi connectivity index (χ2n) is 4.64. The Morgan fingerprint density at radius 3 is 2.38 bits per heavy atom. The Kier molecular flexibility index (Phi) is 4.41. The molecule has 4 N–H and O–H groups in total. The minimum atomic E-state index is -3.78. The third kappa shape index (κ3) is 3.87. The lowest BCUT2D eigenvalue weighted by atomic mass is 10.1. The van der Waals surface area contributed by atoms with Crippen LogP contribution in [0.5, 0.6) is 5.75 Å². The number of halogens is 1. The minimum Gasteiger partial charge on any atom is -0.508 e. The second-order valence-corrected chi connectivity index (χ2v) is 6.61. The van der Waals surface area contributed by atoms with E-state index in [1.54, 1.807) is 24.3 Å². The number of anilines is 1. The van der Waals surface area contributed by atoms with Crippen molar-refractivity contribution in [2.45, 2.75) is 17.9 Å². The van der Waals surface area contributed by atoms with Gasteiger partial charge in [-0.05, 0) is 42.8 Å². The van der Waals surface area contributed by atoms with E-state index in [9.17, 15) is 13.5 Å². The molecule has 21 heavy (non-hydrogen) atoms. The van der Waals surface area contributed by atoms with E-state index in [0.717, 1.165) is 5.56 Å². The summed E-state index contributed by atoms with van der Waals surface area (Å²) in [7, 11) is -3.78. The van der Waals surface area contributed by atoms with Gasteiger partial charge in [-0.25, -0.2) is 13.6 Å². The highest BCUT2D eigenvalue weighted by molar-refractivity contribution is 7.89. The molecule has 0 saturated heterocycles. The SMILES string of the molecule is CC(Nc1cc(S(N)(=O)=O)ccc1Cl)c1ccc(O)cc1. The molecular weight excluding hydrogens is 312 g/mol. The number of benzene rings is 2. The summed E-state index contributed by atoms with van der Waals surface area (Å²) in [5, 5.41) is 17.9. The number of nitrogens with two attached hydrogens (primary N) is 1. The van der Waals surface area contributed by atoms with Gasteiger partial charge in [-0.1, -0.05) is 23.7 Å². The van der Waals surface area contributed by atoms with Crippen molar-refractivity contribution in [2.75, 3.05) is 5.32 Å². The Hall–Kier alpha value is -1.76. The molecule has 0 bridgehead atoms. The van der Waals surface area contributed by atoms with Crippen LogP contribution in [-0.4, -0.2) is 13.5 Å². The lowest BCUT2D eigenvalue weighted by Crippen LogP contribution is -2.13. The van der Waals surface area contributed by atoms with Crippen LogP contribution in [0.4, 0.5) is 5.69 Å². The molecule has 1 atom stereocenters. The fraction of sp³-hybridized carbons (Fsp3) is 0.143. The molecule has 0 radical (unpaired) electrons. The van der Waals surface area contributed by atoms with Crippen LogP contribution in [0.15, 0.2) is 47.4 Å². The van der Waals surface area contributed by atoms with Crippen LogP contribution >= 0.6 is 11.6 Å². The first-order valence-electron chi connectivity index (χ1n) is 6.15. The summed E-state index contributed by atoms with van der Waals surface area (Å²) >= 11 is 6.06. The molecule has 1 unspecified atom stereocenters. The van der Waals surface area contributed by atoms with Crippen molar-refractivity contribution < 1.29 is 13.5 Å². The van der Waals surface area contributed by atoms with Crippen LogP contribution in [0.25, 0.3) is 0 Å². The zero-order valence-corrected chi connectivity index (χ0v) is 12.8. The molecule has 0 saturated carbocycles. The molecule has 0 aromatic heterocycles. The lowest BCUT2D eigenvalue weighted by Gasteiger charge is -2.17. The first kappa shape index (κ1) is 15.6. The van der Waals surface area contributed by atoms with Crippen molar-refractivity contribution in [3.05, 3.63) is 53.1 Å². The number of aromatic hydroxyl groups is 1. The highest BCUT2D eigenvalue weighted by Gasteiger charge is 2.13. The van der Waals surface area contributed by atoms with Crippen molar-refractivity contribution in [1.82, 2.24) is 0 Å². The number of phenols is 1. The average molecular weight is 327 g/mol. The molecule has 2 aromatic carbocycles. The van der Waals surface area contributed by atoms with Gasteiger partial charge >= 0.3 is 0 Å². The number of rotatable bonds is 4. The van der Waals surface area contributed by atoms with Crippen molar-refractivity contribution >= 4 is 27.3 Å². The second kappa shape index (κ2) is 5.93. The number of phenolic OH excluding ortho intramolecular Hbond substituents is 1. The number of primary sulfonamides is 1. The van der Waals surface area contributed by atoms with E-state index in [4.69, 9.17) is 16.7 Å². The monoisotopic (exact) mass is 326 g/mol. The maximum atomic E-state index is 11.4. The smallest absolute Gasteiger partial charge is 0.238 e. The van der Waals surface area contributed by atoms with Crippen molar-refractivity contribution in [2.24, 2.45) is 5.14 Å². The Morgan fingerprint density at radius 1 is 1.19 bits per heavy atom. The molecule has 0 aliphatic carbocycles. The quantitative estimate of drug-likeness (QED) is 0.805. The molecule has 0 aliphatic rings. The fourth-order valence-corrected chi connectivity index (χ4v) is 2.58. The van der Waals surface area contributed by atoms with Gasteiger partial charge in [0.15, 0.2) is 0 Å². The summed E-state index contributed by atoms with van der Waals surface area (Å²) in [5.74, 6) is 0.181. The van der Waals surface area contributed by atoms with Crippen LogP contribution in [0.3, 0.4) is 0 Å². The van der Waals surface area contributed by atoms with Gasteiger partial charge in [0, 0.05) is 6.04 Å². The van der Waals surface area contributed by atoms with E-state index >= 15 is 0 Å². The van der Waals surface area contributed by atoms with Crippen LogP contribution in [0.2, 0.25) is 5.02 Å². The lowest BCUT2D eigenvalue weighted by molar-refractivity contribution is 0.475. The fourth-order valence-electron chi connectivity index (χ4n) is 1.87. The van der Waals surface area contributed by atoms with Crippen LogP contribution in [0.1, 0.15) is 18.5 Å². The maximum absolute atomic E-state index is 11.4. The topological polar surface area (TPSA) is 92.4 Å². The van der Waals surface area contributed by atoms with Crippen molar-refractivity contribution in [1.29, 1.82) is 0 Å². The zero-order chi connectivity index (χ0) is 15.6. The summed E-state index contributed by atoms with van der Waals surface area (Å²) < 4.78 is 22.7. The third-order valence-corrected chi connectivity index (χ3v) is 4.27. The Labute approximate surface area is 128 Å². The van der Waals surface area contributed by atoms with Crippen molar-refractivity contribution in [3.8, 4) is 5.75 Å². The molecule has 0 amide bonds. The van der Waals surface area contributed by atoms with Crippen LogP contribution < -0.4 is 10.5 Å². The minimum absolute atomic E-state index is 0.00712. The summed E-state index contributed by atoms with van der Waals surface area (Å²) in [6.07, 6.45) is 0. The van der Waals surface area contributed by atoms with Crippen molar-refractivity contribution in [3.63, 3.8) is 0 Å². The molecule has 0 aliphatic heterocycles. The molecule has 0 fully saturated rings. The van der Waals surface area contributed by atoms with Gasteiger partial charge in [0.1, 0.15) is 5.75 Å². The van der Waals surface area contributed by atoms with E-state index < -0.39 is 10.0 Å². The number of sulfonamides is 1. The van der Waals surface area contributed by atoms with Gasteiger partial charge in [0.25, 0.3) is 0 Å². The highest BCUT2D eigenvalue weighted by Crippen LogP contribution is 2.29. The summed E-state index contributed by atoms with van der Waals surface area (Å²) in [6.45, 7) is 1.90. The molecule has 2 aromatic rings. The maximum Gasteiger partial charge on any atom is 0.238 e. The van der Waals surface area contributed by atoms with Gasteiger partial charge in [0.05, 0.1) is 15.6 Å². The van der Waals surface area contributed by atoms with Crippen LogP contribution in [0, 0.1) is 0 Å². The first-order valence-corrected chi connectivity index (χ1v) is 8.07. The van der Waals surface area contributed by atoms with Gasteiger partial charge in [0.2, 0.25) is 10.0 Å². The van der Waals surface area contributed by atoms with Crippen LogP contribution in [-0.2, 0) is 10.0 Å². The number of hydrogen-bond donors (Lipinski definition) is 3. The van der Waals surface area contributed by atoms with E-state index in [-0.39, 0.29) is 16.7 Å². The van der Waals surface area contributed by atoms with E-state index in [1.807, 2.05) is 6.92 Å². The first-order chi connectivity index (χ1) is 9.77. The van der Waals surface area contributed by atoms with Gasteiger partial charge in [-0.3, -0.25) is 0 Å². The number of hydrogen-bond acceptors (Lipinski definition) is 4. The summed E-state index contributed by atoms with van der Waals surface area (Å²) in [5.41, 5.74) is 1.40. The zero-order valence-electron chi connectivity index (χ0n) is 11.2. The summed E-state index contributed by atoms with van der Waals surface area (Å²) in [6, 6.07) is 10.8. The predicted octanol–water partition coefficient (Wildman–Crippen LogP) is 2.87. The largest absolute Gasteiger partial charge is 0.508 e. The van der Waals surface area contributed by atoms with E-state index in [1.165, 1.54) is 18.2 Å². The standard InChI is InChI=1S/C14H15ClN2O3S/c1-9(10-2-4-11(18)5-3-10)17-14-8-12(21(16,19)20)6-7-13(14)15/h2-9,17-18H,1H3,(H2,16,19,20). The normalized spacial score (nSPS) is 12.9. The Bertz CT molecular complexity index is 745. The van der Waals surface area contributed by atoms with Gasteiger partial charge < -0.3 is 10.4 Å². The van der Waals surface area contributed by atoms with Gasteiger partial charge in [-0.2, -0.15) is 0 Å². The Morgan fingerprint density at radius 2 is 1.81 bits per heavy atom.